The van der Waals surface area contributed by atoms with Crippen LogP contribution in [0.2, 0.25) is 0 Å². The van der Waals surface area contributed by atoms with Gasteiger partial charge in [-0.2, -0.15) is 5.26 Å². The number of carbonyl (C=O) groups is 1. The van der Waals surface area contributed by atoms with E-state index in [1.807, 2.05) is 25.1 Å². The maximum atomic E-state index is 12.2. The van der Waals surface area contributed by atoms with Gasteiger partial charge in [-0.1, -0.05) is 6.92 Å². The van der Waals surface area contributed by atoms with Gasteiger partial charge in [-0.25, -0.2) is 0 Å². The van der Waals surface area contributed by atoms with E-state index in [1.165, 1.54) is 0 Å². The maximum Gasteiger partial charge on any atom is 0.260 e. The largest absolute Gasteiger partial charge is 0.484 e. The van der Waals surface area contributed by atoms with E-state index in [2.05, 4.69) is 11.8 Å². The molecule has 0 bridgehead atoms. The van der Waals surface area contributed by atoms with Crippen molar-refractivity contribution in [1.82, 2.24) is 9.80 Å². The van der Waals surface area contributed by atoms with E-state index in [-0.39, 0.29) is 12.5 Å². The lowest BCUT2D eigenvalue weighted by atomic mass is 10.2. The molecule has 0 aromatic heterocycles. The molecule has 0 unspecified atom stereocenters. The predicted molar refractivity (Wildman–Crippen MR) is 82.1 cm³/mol. The zero-order valence-electron chi connectivity index (χ0n) is 13.0. The van der Waals surface area contributed by atoms with Crippen LogP contribution in [0.1, 0.15) is 18.9 Å². The van der Waals surface area contributed by atoms with Crippen LogP contribution in [0.4, 0.5) is 0 Å². The van der Waals surface area contributed by atoms with E-state index in [9.17, 15) is 4.79 Å². The topological polar surface area (TPSA) is 56.6 Å². The Morgan fingerprint density at radius 3 is 2.38 bits per heavy atom. The Balaban J connectivity index is 2.50. The Kier molecular flexibility index (Phi) is 7.27. The Labute approximate surface area is 126 Å². The van der Waals surface area contributed by atoms with E-state index in [1.54, 1.807) is 24.3 Å². The summed E-state index contributed by atoms with van der Waals surface area (Å²) in [7, 11) is 3.98. The van der Waals surface area contributed by atoms with E-state index < -0.39 is 0 Å². The summed E-state index contributed by atoms with van der Waals surface area (Å²) in [6, 6.07) is 8.81. The monoisotopic (exact) mass is 289 g/mol. The molecule has 5 heteroatoms. The van der Waals surface area contributed by atoms with Gasteiger partial charge in [0, 0.05) is 19.6 Å². The minimum atomic E-state index is -0.0111. The summed E-state index contributed by atoms with van der Waals surface area (Å²) < 4.78 is 5.49. The van der Waals surface area contributed by atoms with E-state index in [0.717, 1.165) is 19.5 Å². The Bertz CT molecular complexity index is 477. The summed E-state index contributed by atoms with van der Waals surface area (Å²) in [6.07, 6.45) is 0.927. The second-order valence-corrected chi connectivity index (χ2v) is 5.11. The van der Waals surface area contributed by atoms with E-state index in [4.69, 9.17) is 10.00 Å². The molecule has 114 valence electrons. The van der Waals surface area contributed by atoms with Gasteiger partial charge in [-0.05, 0) is 44.8 Å². The number of carbonyl (C=O) groups excluding carboxylic acids is 1. The van der Waals surface area contributed by atoms with Crippen molar-refractivity contribution in [3.8, 4) is 11.8 Å². The van der Waals surface area contributed by atoms with Crippen LogP contribution >= 0.6 is 0 Å². The molecule has 0 fully saturated rings. The van der Waals surface area contributed by atoms with Gasteiger partial charge >= 0.3 is 0 Å². The third-order valence-electron chi connectivity index (χ3n) is 3.01. The first kappa shape index (κ1) is 17.0. The van der Waals surface area contributed by atoms with Crippen LogP contribution in [-0.4, -0.2) is 56.0 Å². The average molecular weight is 289 g/mol. The molecule has 0 aliphatic heterocycles. The fourth-order valence-electron chi connectivity index (χ4n) is 1.81. The summed E-state index contributed by atoms with van der Waals surface area (Å²) in [4.78, 5) is 16.0. The molecule has 1 aromatic rings. The number of amides is 1. The fraction of sp³-hybridized carbons (Fsp3) is 0.500. The number of nitrogens with zero attached hydrogens (tertiary/aromatic N) is 3. The van der Waals surface area contributed by atoms with Crippen molar-refractivity contribution in [2.45, 2.75) is 13.3 Å². The van der Waals surface area contributed by atoms with Crippen molar-refractivity contribution in [2.75, 3.05) is 40.3 Å². The van der Waals surface area contributed by atoms with Crippen LogP contribution in [0.25, 0.3) is 0 Å². The van der Waals surface area contributed by atoms with Crippen LogP contribution in [0, 0.1) is 11.3 Å². The van der Waals surface area contributed by atoms with Gasteiger partial charge < -0.3 is 14.5 Å². The highest BCUT2D eigenvalue weighted by Gasteiger charge is 2.13. The minimum Gasteiger partial charge on any atom is -0.484 e. The Morgan fingerprint density at radius 1 is 1.19 bits per heavy atom. The van der Waals surface area contributed by atoms with Gasteiger partial charge in [0.1, 0.15) is 5.75 Å². The lowest BCUT2D eigenvalue weighted by Gasteiger charge is -2.24. The molecule has 0 aliphatic carbocycles. The number of nitriles is 1. The first-order chi connectivity index (χ1) is 10.1. The minimum absolute atomic E-state index is 0.0111. The predicted octanol–water partition coefficient (Wildman–Crippen LogP) is 1.74. The van der Waals surface area contributed by atoms with Crippen molar-refractivity contribution in [3.63, 3.8) is 0 Å². The molecule has 1 rings (SSSR count). The standard InChI is InChI=1S/C16H23N3O2/c1-4-9-19(11-10-18(2)3)16(20)13-21-15-7-5-14(12-17)6-8-15/h5-8H,4,9-11,13H2,1-3H3. The van der Waals surface area contributed by atoms with Gasteiger partial charge in [0.25, 0.3) is 5.91 Å². The second-order valence-electron chi connectivity index (χ2n) is 5.11. The molecule has 21 heavy (non-hydrogen) atoms. The van der Waals surface area contributed by atoms with Gasteiger partial charge in [-0.3, -0.25) is 4.79 Å². The van der Waals surface area contributed by atoms with Crippen molar-refractivity contribution < 1.29 is 9.53 Å². The summed E-state index contributed by atoms with van der Waals surface area (Å²) >= 11 is 0. The zero-order chi connectivity index (χ0) is 15.7. The number of likely N-dealkylation sites (N-methyl/N-ethyl adjacent to an activating group) is 1. The molecule has 0 aliphatic rings. The van der Waals surface area contributed by atoms with Crippen LogP contribution < -0.4 is 4.74 Å². The quantitative estimate of drug-likeness (QED) is 0.731. The highest BCUT2D eigenvalue weighted by Crippen LogP contribution is 2.11. The maximum absolute atomic E-state index is 12.2. The first-order valence-electron chi connectivity index (χ1n) is 7.12. The molecular formula is C16H23N3O2. The molecule has 5 nitrogen and oxygen atoms in total. The van der Waals surface area contributed by atoms with Crippen LogP contribution in [0.3, 0.4) is 0 Å². The molecule has 0 radical (unpaired) electrons. The molecule has 0 saturated heterocycles. The number of rotatable bonds is 8. The molecular weight excluding hydrogens is 266 g/mol. The number of ether oxygens (including phenoxy) is 1. The number of hydrogen-bond donors (Lipinski definition) is 0. The number of hydrogen-bond acceptors (Lipinski definition) is 4. The summed E-state index contributed by atoms with van der Waals surface area (Å²) in [6.45, 7) is 4.36. The summed E-state index contributed by atoms with van der Waals surface area (Å²) in [5.41, 5.74) is 0.576. The second kappa shape index (κ2) is 8.98. The van der Waals surface area contributed by atoms with Gasteiger partial charge in [0.2, 0.25) is 0 Å². The molecule has 0 heterocycles. The van der Waals surface area contributed by atoms with E-state index in [0.29, 0.717) is 17.9 Å². The summed E-state index contributed by atoms with van der Waals surface area (Å²) in [5, 5.41) is 8.73. The molecule has 0 saturated carbocycles. The first-order valence-corrected chi connectivity index (χ1v) is 7.12. The molecule has 0 atom stereocenters. The molecule has 1 aromatic carbocycles. The van der Waals surface area contributed by atoms with Crippen LogP contribution in [0.15, 0.2) is 24.3 Å². The molecule has 0 spiro atoms. The van der Waals surface area contributed by atoms with E-state index >= 15 is 0 Å². The van der Waals surface area contributed by atoms with Crippen molar-refractivity contribution >= 4 is 5.91 Å². The Morgan fingerprint density at radius 2 is 1.86 bits per heavy atom. The lowest BCUT2D eigenvalue weighted by molar-refractivity contribution is -0.133. The fourth-order valence-corrected chi connectivity index (χ4v) is 1.81. The summed E-state index contributed by atoms with van der Waals surface area (Å²) in [5.74, 6) is 0.592. The van der Waals surface area contributed by atoms with Crippen molar-refractivity contribution in [2.24, 2.45) is 0 Å². The number of benzene rings is 1. The highest BCUT2D eigenvalue weighted by molar-refractivity contribution is 5.77. The SMILES string of the molecule is CCCN(CCN(C)C)C(=O)COc1ccc(C#N)cc1. The normalized spacial score (nSPS) is 10.2. The van der Waals surface area contributed by atoms with Crippen molar-refractivity contribution in [3.05, 3.63) is 29.8 Å². The smallest absolute Gasteiger partial charge is 0.260 e. The van der Waals surface area contributed by atoms with Crippen LogP contribution in [0.5, 0.6) is 5.75 Å². The van der Waals surface area contributed by atoms with Crippen LogP contribution in [-0.2, 0) is 4.79 Å². The molecule has 1 amide bonds. The zero-order valence-corrected chi connectivity index (χ0v) is 13.0. The third-order valence-corrected chi connectivity index (χ3v) is 3.01. The highest BCUT2D eigenvalue weighted by atomic mass is 16.5. The Hall–Kier alpha value is -2.06. The van der Waals surface area contributed by atoms with Gasteiger partial charge in [0.15, 0.2) is 6.61 Å². The van der Waals surface area contributed by atoms with Crippen molar-refractivity contribution in [1.29, 1.82) is 5.26 Å². The molecule has 0 N–H and O–H groups in total. The van der Waals surface area contributed by atoms with Gasteiger partial charge in [0.05, 0.1) is 11.6 Å². The third kappa shape index (κ3) is 6.28. The lowest BCUT2D eigenvalue weighted by Crippen LogP contribution is -2.39. The average Bonchev–Trinajstić information content (AvgIpc) is 2.49. The van der Waals surface area contributed by atoms with Gasteiger partial charge in [-0.15, -0.1) is 0 Å².